The molecular formula is C21H19ClN2O3. The predicted octanol–water partition coefficient (Wildman–Crippen LogP) is 4.31. The maximum atomic E-state index is 12.4. The molecule has 0 aliphatic heterocycles. The van der Waals surface area contributed by atoms with Crippen LogP contribution < -0.4 is 15.0 Å². The number of hydrogen-bond acceptors (Lipinski definition) is 4. The van der Waals surface area contributed by atoms with Gasteiger partial charge in [-0.2, -0.15) is 0 Å². The Hall–Kier alpha value is -3.05. The monoisotopic (exact) mass is 382 g/mol. The molecule has 0 saturated carbocycles. The van der Waals surface area contributed by atoms with Gasteiger partial charge in [0.15, 0.2) is 11.5 Å². The average Bonchev–Trinajstić information content (AvgIpc) is 2.66. The van der Waals surface area contributed by atoms with Crippen molar-refractivity contribution in [3.05, 3.63) is 82.4 Å². The van der Waals surface area contributed by atoms with Crippen LogP contribution in [0.3, 0.4) is 0 Å². The lowest BCUT2D eigenvalue weighted by Gasteiger charge is -2.10. The number of methoxy groups -OCH3 is 1. The Morgan fingerprint density at radius 1 is 1.26 bits per heavy atom. The second-order valence-corrected chi connectivity index (χ2v) is 6.25. The fraction of sp³-hybridized carbons (Fsp3) is 0.143. The molecule has 0 saturated heterocycles. The highest BCUT2D eigenvalue weighted by Crippen LogP contribution is 2.30. The third-order valence-corrected chi connectivity index (χ3v) is 4.27. The number of pyridine rings is 1. The SMILES string of the molecule is C=CCOc1ccc(/C=C(\Cl)c2cc(=O)n3c(C)cccc3n2)cc1OC. The smallest absolute Gasteiger partial charge is 0.258 e. The van der Waals surface area contributed by atoms with Crippen molar-refractivity contribution in [3.8, 4) is 11.5 Å². The van der Waals surface area contributed by atoms with Crippen molar-refractivity contribution in [1.29, 1.82) is 0 Å². The molecule has 0 amide bonds. The molecular weight excluding hydrogens is 364 g/mol. The minimum atomic E-state index is -0.176. The van der Waals surface area contributed by atoms with Crippen LogP contribution in [0.4, 0.5) is 0 Å². The lowest BCUT2D eigenvalue weighted by Crippen LogP contribution is -2.16. The van der Waals surface area contributed by atoms with Gasteiger partial charge in [0.2, 0.25) is 0 Å². The van der Waals surface area contributed by atoms with Crippen molar-refractivity contribution in [2.75, 3.05) is 13.7 Å². The van der Waals surface area contributed by atoms with E-state index in [1.165, 1.54) is 6.07 Å². The summed E-state index contributed by atoms with van der Waals surface area (Å²) in [4.78, 5) is 16.9. The van der Waals surface area contributed by atoms with E-state index >= 15 is 0 Å². The van der Waals surface area contributed by atoms with Crippen LogP contribution in [0.1, 0.15) is 17.0 Å². The van der Waals surface area contributed by atoms with E-state index < -0.39 is 0 Å². The van der Waals surface area contributed by atoms with Crippen molar-refractivity contribution in [3.63, 3.8) is 0 Å². The number of ether oxygens (including phenoxy) is 2. The van der Waals surface area contributed by atoms with Crippen LogP contribution in [0.2, 0.25) is 0 Å². The highest BCUT2D eigenvalue weighted by molar-refractivity contribution is 6.51. The molecule has 0 radical (unpaired) electrons. The van der Waals surface area contributed by atoms with Crippen molar-refractivity contribution in [2.24, 2.45) is 0 Å². The molecule has 0 bridgehead atoms. The summed E-state index contributed by atoms with van der Waals surface area (Å²) in [6, 6.07) is 12.4. The summed E-state index contributed by atoms with van der Waals surface area (Å²) in [7, 11) is 1.57. The van der Waals surface area contributed by atoms with Crippen molar-refractivity contribution >= 4 is 28.4 Å². The van der Waals surface area contributed by atoms with Gasteiger partial charge >= 0.3 is 0 Å². The Labute approximate surface area is 162 Å². The highest BCUT2D eigenvalue weighted by atomic mass is 35.5. The van der Waals surface area contributed by atoms with Gasteiger partial charge in [0.1, 0.15) is 12.3 Å². The van der Waals surface area contributed by atoms with Gasteiger partial charge in [0.05, 0.1) is 17.8 Å². The van der Waals surface area contributed by atoms with Crippen LogP contribution in [-0.2, 0) is 0 Å². The first-order chi connectivity index (χ1) is 13.0. The zero-order valence-electron chi connectivity index (χ0n) is 15.1. The molecule has 0 fully saturated rings. The molecule has 1 aromatic carbocycles. The predicted molar refractivity (Wildman–Crippen MR) is 109 cm³/mol. The third-order valence-electron chi connectivity index (χ3n) is 3.96. The first-order valence-electron chi connectivity index (χ1n) is 8.32. The molecule has 2 heterocycles. The normalized spacial score (nSPS) is 11.4. The average molecular weight is 383 g/mol. The quantitative estimate of drug-likeness (QED) is 0.596. The Morgan fingerprint density at radius 2 is 2.07 bits per heavy atom. The van der Waals surface area contributed by atoms with Crippen molar-refractivity contribution in [1.82, 2.24) is 9.38 Å². The van der Waals surface area contributed by atoms with Crippen molar-refractivity contribution in [2.45, 2.75) is 6.92 Å². The van der Waals surface area contributed by atoms with E-state index in [1.807, 2.05) is 25.1 Å². The fourth-order valence-corrected chi connectivity index (χ4v) is 2.92. The Balaban J connectivity index is 1.99. The molecule has 0 unspecified atom stereocenters. The largest absolute Gasteiger partial charge is 0.493 e. The molecule has 27 heavy (non-hydrogen) atoms. The number of benzene rings is 1. The number of fused-ring (bicyclic) bond motifs is 1. The van der Waals surface area contributed by atoms with E-state index in [9.17, 15) is 4.79 Å². The molecule has 0 N–H and O–H groups in total. The van der Waals surface area contributed by atoms with Gasteiger partial charge in [-0.15, -0.1) is 0 Å². The van der Waals surface area contributed by atoms with E-state index in [0.29, 0.717) is 34.5 Å². The van der Waals surface area contributed by atoms with Gasteiger partial charge in [-0.25, -0.2) is 4.98 Å². The zero-order chi connectivity index (χ0) is 19.4. The summed E-state index contributed by atoms with van der Waals surface area (Å²) in [6.45, 7) is 5.87. The maximum Gasteiger partial charge on any atom is 0.258 e. The van der Waals surface area contributed by atoms with Crippen LogP contribution in [0, 0.1) is 6.92 Å². The van der Waals surface area contributed by atoms with Crippen LogP contribution >= 0.6 is 11.6 Å². The summed E-state index contributed by atoms with van der Waals surface area (Å²) in [6.07, 6.45) is 3.39. The number of aromatic nitrogens is 2. The minimum Gasteiger partial charge on any atom is -0.493 e. The minimum absolute atomic E-state index is 0.176. The Kier molecular flexibility index (Phi) is 5.62. The number of nitrogens with zero attached hydrogens (tertiary/aromatic N) is 2. The number of hydrogen-bond donors (Lipinski definition) is 0. The third kappa shape index (κ3) is 4.04. The Bertz CT molecular complexity index is 1090. The number of aryl methyl sites for hydroxylation is 1. The molecule has 0 aliphatic rings. The molecule has 0 spiro atoms. The van der Waals surface area contributed by atoms with E-state index in [4.69, 9.17) is 21.1 Å². The van der Waals surface area contributed by atoms with Crippen LogP contribution in [0.5, 0.6) is 11.5 Å². The first-order valence-corrected chi connectivity index (χ1v) is 8.70. The molecule has 138 valence electrons. The summed E-state index contributed by atoms with van der Waals surface area (Å²) in [5.41, 5.74) is 2.41. The topological polar surface area (TPSA) is 52.8 Å². The van der Waals surface area contributed by atoms with Crippen molar-refractivity contribution < 1.29 is 9.47 Å². The summed E-state index contributed by atoms with van der Waals surface area (Å²) in [5, 5.41) is 0.359. The van der Waals surface area contributed by atoms with Crippen LogP contribution in [0.15, 0.2) is 59.9 Å². The first kappa shape index (κ1) is 18.7. The summed E-state index contributed by atoms with van der Waals surface area (Å²) < 4.78 is 12.4. The lowest BCUT2D eigenvalue weighted by molar-refractivity contribution is 0.326. The molecule has 0 atom stereocenters. The molecule has 3 aromatic rings. The maximum absolute atomic E-state index is 12.4. The van der Waals surface area contributed by atoms with Gasteiger partial charge in [-0.3, -0.25) is 9.20 Å². The van der Waals surface area contributed by atoms with Gasteiger partial charge in [-0.1, -0.05) is 36.4 Å². The fourth-order valence-electron chi connectivity index (χ4n) is 2.70. The van der Waals surface area contributed by atoms with Gasteiger partial charge in [0, 0.05) is 11.8 Å². The van der Waals surface area contributed by atoms with Gasteiger partial charge in [-0.05, 0) is 42.8 Å². The van der Waals surface area contributed by atoms with Crippen LogP contribution in [0.25, 0.3) is 16.8 Å². The van der Waals surface area contributed by atoms with E-state index in [2.05, 4.69) is 11.6 Å². The van der Waals surface area contributed by atoms with Gasteiger partial charge in [0.25, 0.3) is 5.56 Å². The van der Waals surface area contributed by atoms with E-state index in [-0.39, 0.29) is 5.56 Å². The van der Waals surface area contributed by atoms with Gasteiger partial charge < -0.3 is 9.47 Å². The zero-order valence-corrected chi connectivity index (χ0v) is 15.9. The van der Waals surface area contributed by atoms with E-state index in [1.54, 1.807) is 41.9 Å². The Morgan fingerprint density at radius 3 is 2.81 bits per heavy atom. The summed E-state index contributed by atoms with van der Waals surface area (Å²) in [5.74, 6) is 1.19. The second-order valence-electron chi connectivity index (χ2n) is 5.84. The molecule has 6 heteroatoms. The number of rotatable bonds is 6. The number of halogens is 1. The standard InChI is InChI=1S/C21H19ClN2O3/c1-4-10-27-18-9-8-15(12-19(18)26-3)11-16(22)17-13-21(25)24-14(2)6-5-7-20(24)23-17/h4-9,11-13H,1,10H2,2-3H3/b16-11-. The molecule has 3 rings (SSSR count). The molecule has 5 nitrogen and oxygen atoms in total. The lowest BCUT2D eigenvalue weighted by atomic mass is 10.1. The summed E-state index contributed by atoms with van der Waals surface area (Å²) >= 11 is 6.44. The van der Waals surface area contributed by atoms with Crippen LogP contribution in [-0.4, -0.2) is 23.1 Å². The van der Waals surface area contributed by atoms with E-state index in [0.717, 1.165) is 11.3 Å². The molecule has 2 aromatic heterocycles. The highest BCUT2D eigenvalue weighted by Gasteiger charge is 2.09. The second kappa shape index (κ2) is 8.10. The molecule has 0 aliphatic carbocycles.